The lowest BCUT2D eigenvalue weighted by Crippen LogP contribution is -2.47. The first kappa shape index (κ1) is 25.9. The van der Waals surface area contributed by atoms with Crippen LogP contribution in [0.3, 0.4) is 0 Å². The van der Waals surface area contributed by atoms with Gasteiger partial charge in [0.05, 0.1) is 4.90 Å². The van der Waals surface area contributed by atoms with Gasteiger partial charge in [0.2, 0.25) is 10.0 Å². The van der Waals surface area contributed by atoms with Gasteiger partial charge in [0.15, 0.2) is 6.61 Å². The van der Waals surface area contributed by atoms with Crippen molar-refractivity contribution in [3.05, 3.63) is 65.7 Å². The summed E-state index contributed by atoms with van der Waals surface area (Å²) in [5.74, 6) is -0.833. The van der Waals surface area contributed by atoms with Crippen molar-refractivity contribution in [1.29, 1.82) is 0 Å². The van der Waals surface area contributed by atoms with Crippen LogP contribution in [0, 0.1) is 18.8 Å². The van der Waals surface area contributed by atoms with E-state index in [1.165, 1.54) is 17.7 Å². The van der Waals surface area contributed by atoms with Gasteiger partial charge in [-0.1, -0.05) is 61.9 Å². The fourth-order valence-electron chi connectivity index (χ4n) is 4.06. The molecule has 0 saturated carbocycles. The molecule has 0 spiro atoms. The van der Waals surface area contributed by atoms with E-state index < -0.39 is 28.6 Å². The van der Waals surface area contributed by atoms with Crippen LogP contribution in [0.1, 0.15) is 37.8 Å². The molecule has 1 N–H and O–H groups in total. The highest BCUT2D eigenvalue weighted by molar-refractivity contribution is 7.89. The Labute approximate surface area is 202 Å². The number of carbonyl (C=O) groups is 2. The number of benzene rings is 2. The molecule has 0 aliphatic carbocycles. The first-order valence-corrected chi connectivity index (χ1v) is 13.2. The Morgan fingerprint density at radius 2 is 1.65 bits per heavy atom. The summed E-state index contributed by atoms with van der Waals surface area (Å²) in [7, 11) is -3.90. The minimum absolute atomic E-state index is 0.0750. The summed E-state index contributed by atoms with van der Waals surface area (Å²) >= 11 is 0. The fraction of sp³-hybridized carbons (Fsp3) is 0.462. The summed E-state index contributed by atoms with van der Waals surface area (Å²) in [5, 5.41) is 0. The minimum atomic E-state index is -3.90. The molecule has 2 aromatic rings. The first-order valence-electron chi connectivity index (χ1n) is 11.7. The van der Waals surface area contributed by atoms with Gasteiger partial charge in [0.25, 0.3) is 5.91 Å². The van der Waals surface area contributed by atoms with Crippen molar-refractivity contribution in [3.63, 3.8) is 0 Å². The van der Waals surface area contributed by atoms with Crippen LogP contribution in [-0.4, -0.2) is 50.9 Å². The van der Waals surface area contributed by atoms with Gasteiger partial charge < -0.3 is 9.64 Å². The largest absolute Gasteiger partial charge is 0.454 e. The molecule has 1 atom stereocenters. The monoisotopic (exact) mass is 486 g/mol. The van der Waals surface area contributed by atoms with E-state index >= 15 is 0 Å². The van der Waals surface area contributed by atoms with Crippen molar-refractivity contribution < 1.29 is 22.7 Å². The van der Waals surface area contributed by atoms with E-state index in [0.717, 1.165) is 24.8 Å². The van der Waals surface area contributed by atoms with Crippen LogP contribution in [0.5, 0.6) is 0 Å². The third-order valence-corrected chi connectivity index (χ3v) is 7.66. The van der Waals surface area contributed by atoms with Crippen LogP contribution in [0.15, 0.2) is 59.5 Å². The molecule has 0 bridgehead atoms. The summed E-state index contributed by atoms with van der Waals surface area (Å²) in [4.78, 5) is 27.1. The van der Waals surface area contributed by atoms with E-state index in [4.69, 9.17) is 4.74 Å². The zero-order valence-corrected chi connectivity index (χ0v) is 20.9. The van der Waals surface area contributed by atoms with Crippen molar-refractivity contribution in [2.24, 2.45) is 11.8 Å². The van der Waals surface area contributed by atoms with Crippen molar-refractivity contribution in [2.75, 3.05) is 19.7 Å². The van der Waals surface area contributed by atoms with Crippen molar-refractivity contribution in [1.82, 2.24) is 9.62 Å². The van der Waals surface area contributed by atoms with Gasteiger partial charge in [-0.3, -0.25) is 9.59 Å². The molecule has 1 heterocycles. The quantitative estimate of drug-likeness (QED) is 0.549. The van der Waals surface area contributed by atoms with Gasteiger partial charge >= 0.3 is 5.97 Å². The van der Waals surface area contributed by atoms with Gasteiger partial charge in [-0.15, -0.1) is 0 Å². The summed E-state index contributed by atoms with van der Waals surface area (Å²) in [6.07, 6.45) is 2.80. The van der Waals surface area contributed by atoms with Crippen molar-refractivity contribution >= 4 is 21.9 Å². The average Bonchev–Trinajstić information content (AvgIpc) is 2.82. The van der Waals surface area contributed by atoms with Gasteiger partial charge in [-0.05, 0) is 55.7 Å². The third kappa shape index (κ3) is 7.14. The number of hydrogen-bond donors (Lipinski definition) is 1. The molecular formula is C26H34N2O5S. The van der Waals surface area contributed by atoms with Crippen LogP contribution >= 0.6 is 0 Å². The molecule has 1 fully saturated rings. The normalized spacial score (nSPS) is 15.8. The van der Waals surface area contributed by atoms with E-state index in [0.29, 0.717) is 19.0 Å². The molecule has 0 radical (unpaired) electrons. The summed E-state index contributed by atoms with van der Waals surface area (Å²) in [6, 6.07) is 15.6. The molecular weight excluding hydrogens is 452 g/mol. The maximum absolute atomic E-state index is 12.7. The highest BCUT2D eigenvalue weighted by Gasteiger charge is 2.31. The maximum Gasteiger partial charge on any atom is 0.324 e. The molecule has 7 nitrogen and oxygen atoms in total. The molecule has 8 heteroatoms. The van der Waals surface area contributed by atoms with E-state index in [-0.39, 0.29) is 16.7 Å². The number of aryl methyl sites for hydroxylation is 1. The third-order valence-electron chi connectivity index (χ3n) is 6.21. The van der Waals surface area contributed by atoms with Gasteiger partial charge in [-0.2, -0.15) is 4.72 Å². The molecule has 2 aromatic carbocycles. The van der Waals surface area contributed by atoms with E-state index in [1.807, 2.05) is 25.1 Å². The number of rotatable bonds is 9. The van der Waals surface area contributed by atoms with Crippen LogP contribution in [-0.2, 0) is 30.8 Å². The molecule has 0 aromatic heterocycles. The Kier molecular flexibility index (Phi) is 8.85. The second kappa shape index (κ2) is 11.6. The summed E-state index contributed by atoms with van der Waals surface area (Å²) in [6.45, 7) is 6.17. The molecule has 1 amide bonds. The Hall–Kier alpha value is -2.71. The first-order chi connectivity index (χ1) is 16.2. The van der Waals surface area contributed by atoms with E-state index in [2.05, 4.69) is 16.9 Å². The topological polar surface area (TPSA) is 92.8 Å². The standard InChI is InChI=1S/C26H34N2O5S/c1-19(2)25(27-34(31,32)23-11-9-20(3)10-12-23)26(30)33-18-24(29)28-15-13-22(14-16-28)17-21-7-5-4-6-8-21/h4-12,19,22,25,27H,13-18H2,1-3H3/t25-/m0/s1. The lowest BCUT2D eigenvalue weighted by atomic mass is 9.90. The highest BCUT2D eigenvalue weighted by Crippen LogP contribution is 2.22. The maximum atomic E-state index is 12.7. The zero-order valence-electron chi connectivity index (χ0n) is 20.1. The van der Waals surface area contributed by atoms with Crippen molar-refractivity contribution in [2.45, 2.75) is 51.0 Å². The number of carbonyl (C=O) groups excluding carboxylic acids is 2. The molecule has 34 heavy (non-hydrogen) atoms. The molecule has 184 valence electrons. The van der Waals surface area contributed by atoms with Gasteiger partial charge in [0.1, 0.15) is 6.04 Å². The van der Waals surface area contributed by atoms with Crippen LogP contribution < -0.4 is 4.72 Å². The summed E-state index contributed by atoms with van der Waals surface area (Å²) < 4.78 is 33.1. The smallest absolute Gasteiger partial charge is 0.324 e. The number of hydrogen-bond acceptors (Lipinski definition) is 5. The molecule has 3 rings (SSSR count). The number of nitrogens with zero attached hydrogens (tertiary/aromatic N) is 1. The predicted octanol–water partition coefficient (Wildman–Crippen LogP) is 3.32. The predicted molar refractivity (Wildman–Crippen MR) is 131 cm³/mol. The number of piperidine rings is 1. The molecule has 1 aliphatic heterocycles. The van der Waals surface area contributed by atoms with E-state index in [1.54, 1.807) is 30.9 Å². The zero-order chi connectivity index (χ0) is 24.7. The van der Waals surface area contributed by atoms with Crippen LogP contribution in [0.25, 0.3) is 0 Å². The highest BCUT2D eigenvalue weighted by atomic mass is 32.2. The van der Waals surface area contributed by atoms with Gasteiger partial charge in [-0.25, -0.2) is 8.42 Å². The van der Waals surface area contributed by atoms with Crippen LogP contribution in [0.4, 0.5) is 0 Å². The molecule has 1 aliphatic rings. The number of amides is 1. The molecule has 0 unspecified atom stereocenters. The lowest BCUT2D eigenvalue weighted by Gasteiger charge is -2.32. The second-order valence-electron chi connectivity index (χ2n) is 9.28. The Morgan fingerprint density at radius 1 is 1.03 bits per heavy atom. The number of ether oxygens (including phenoxy) is 1. The lowest BCUT2D eigenvalue weighted by molar-refractivity contribution is -0.154. The fourth-order valence-corrected chi connectivity index (χ4v) is 5.39. The van der Waals surface area contributed by atoms with E-state index in [9.17, 15) is 18.0 Å². The Balaban J connectivity index is 1.50. The second-order valence-corrected chi connectivity index (χ2v) is 11.0. The van der Waals surface area contributed by atoms with Crippen LogP contribution in [0.2, 0.25) is 0 Å². The number of likely N-dealkylation sites (tertiary alicyclic amines) is 1. The number of sulfonamides is 1. The van der Waals surface area contributed by atoms with Gasteiger partial charge in [0, 0.05) is 13.1 Å². The number of nitrogens with one attached hydrogen (secondary N) is 1. The molecule has 1 saturated heterocycles. The number of esters is 1. The minimum Gasteiger partial charge on any atom is -0.454 e. The summed E-state index contributed by atoms with van der Waals surface area (Å²) in [5.41, 5.74) is 2.23. The Bertz CT molecular complexity index is 1060. The Morgan fingerprint density at radius 3 is 2.24 bits per heavy atom. The SMILES string of the molecule is Cc1ccc(S(=O)(=O)N[C@H](C(=O)OCC(=O)N2CCC(Cc3ccccc3)CC2)C(C)C)cc1. The van der Waals surface area contributed by atoms with Crippen molar-refractivity contribution in [3.8, 4) is 0 Å². The average molecular weight is 487 g/mol.